The van der Waals surface area contributed by atoms with Crippen LogP contribution in [-0.2, 0) is 11.2 Å². The van der Waals surface area contributed by atoms with Crippen molar-refractivity contribution in [1.82, 2.24) is 4.57 Å². The second kappa shape index (κ2) is 5.88. The molecule has 0 amide bonds. The largest absolute Gasteiger partial charge is 0.481 e. The number of carboxylic acids is 1. The van der Waals surface area contributed by atoms with E-state index < -0.39 is 5.97 Å². The van der Waals surface area contributed by atoms with Gasteiger partial charge in [-0.25, -0.2) is 0 Å². The first-order valence-electron chi connectivity index (χ1n) is 6.94. The summed E-state index contributed by atoms with van der Waals surface area (Å²) in [6, 6.07) is 7.90. The summed E-state index contributed by atoms with van der Waals surface area (Å²) in [4.78, 5) is 10.8. The molecule has 0 radical (unpaired) electrons. The topological polar surface area (TPSA) is 92.0 Å². The number of aliphatic carboxylic acids is 1. The number of carbonyl (C=O) groups is 1. The molecule has 3 N–H and O–H groups in total. The molecule has 0 saturated heterocycles. The molecular weight excluding hydrogens is 266 g/mol. The van der Waals surface area contributed by atoms with Gasteiger partial charge in [0, 0.05) is 29.2 Å². The number of anilines is 1. The van der Waals surface area contributed by atoms with Gasteiger partial charge in [0.05, 0.1) is 18.0 Å². The zero-order chi connectivity index (χ0) is 15.6. The summed E-state index contributed by atoms with van der Waals surface area (Å²) < 4.78 is 2.10. The summed E-state index contributed by atoms with van der Waals surface area (Å²) in [5.74, 6) is -0.798. The van der Waals surface area contributed by atoms with Crippen LogP contribution in [0.1, 0.15) is 37.1 Å². The van der Waals surface area contributed by atoms with Gasteiger partial charge in [-0.2, -0.15) is 5.26 Å². The fourth-order valence-electron chi connectivity index (χ4n) is 2.92. The summed E-state index contributed by atoms with van der Waals surface area (Å²) in [5, 5.41) is 18.8. The van der Waals surface area contributed by atoms with Crippen LogP contribution in [0, 0.1) is 18.3 Å². The van der Waals surface area contributed by atoms with Gasteiger partial charge in [0.15, 0.2) is 0 Å². The predicted molar refractivity (Wildman–Crippen MR) is 82.0 cm³/mol. The number of rotatable bonds is 5. The van der Waals surface area contributed by atoms with Crippen LogP contribution in [0.3, 0.4) is 0 Å². The fourth-order valence-corrected chi connectivity index (χ4v) is 2.92. The van der Waals surface area contributed by atoms with Crippen LogP contribution in [0.2, 0.25) is 0 Å². The van der Waals surface area contributed by atoms with Crippen molar-refractivity contribution in [2.24, 2.45) is 0 Å². The highest BCUT2D eigenvalue weighted by Crippen LogP contribution is 2.34. The van der Waals surface area contributed by atoms with E-state index in [4.69, 9.17) is 16.1 Å². The van der Waals surface area contributed by atoms with Crippen LogP contribution in [0.15, 0.2) is 18.2 Å². The van der Waals surface area contributed by atoms with E-state index in [0.29, 0.717) is 18.5 Å². The molecule has 0 aliphatic carbocycles. The van der Waals surface area contributed by atoms with Crippen LogP contribution in [0.5, 0.6) is 0 Å². The summed E-state index contributed by atoms with van der Waals surface area (Å²) in [7, 11) is 0. The van der Waals surface area contributed by atoms with Gasteiger partial charge in [0.1, 0.15) is 0 Å². The number of nitriles is 1. The minimum atomic E-state index is -0.798. The van der Waals surface area contributed by atoms with Gasteiger partial charge in [0.2, 0.25) is 0 Å². The highest BCUT2D eigenvalue weighted by Gasteiger charge is 2.19. The average molecular weight is 285 g/mol. The number of carboxylic acid groups (broad SMARTS) is 1. The first kappa shape index (κ1) is 14.9. The first-order chi connectivity index (χ1) is 9.97. The van der Waals surface area contributed by atoms with Crippen LogP contribution in [0.25, 0.3) is 10.9 Å². The van der Waals surface area contributed by atoms with E-state index in [1.165, 1.54) is 0 Å². The minimum absolute atomic E-state index is 0.0397. The van der Waals surface area contributed by atoms with Crippen molar-refractivity contribution in [3.05, 3.63) is 29.5 Å². The summed E-state index contributed by atoms with van der Waals surface area (Å²) in [5.41, 5.74) is 9.63. The van der Waals surface area contributed by atoms with Gasteiger partial charge in [-0.3, -0.25) is 4.79 Å². The SMILES string of the molecule is Cc1c(CC#N)c2c(N)cccc2n1C(C)CCC(=O)O. The van der Waals surface area contributed by atoms with E-state index in [1.54, 1.807) is 0 Å². The Bertz CT molecular complexity index is 725. The fraction of sp³-hybridized carbons (Fsp3) is 0.375. The zero-order valence-corrected chi connectivity index (χ0v) is 12.3. The van der Waals surface area contributed by atoms with Gasteiger partial charge < -0.3 is 15.4 Å². The Hall–Kier alpha value is -2.48. The summed E-state index contributed by atoms with van der Waals surface area (Å²) in [6.07, 6.45) is 0.964. The summed E-state index contributed by atoms with van der Waals surface area (Å²) >= 11 is 0. The molecule has 5 heteroatoms. The Kier molecular flexibility index (Phi) is 4.18. The average Bonchev–Trinajstić information content (AvgIpc) is 2.71. The van der Waals surface area contributed by atoms with Gasteiger partial charge in [-0.1, -0.05) is 6.07 Å². The lowest BCUT2D eigenvalue weighted by Gasteiger charge is -2.17. The van der Waals surface area contributed by atoms with E-state index in [0.717, 1.165) is 22.2 Å². The molecule has 2 rings (SSSR count). The van der Waals surface area contributed by atoms with E-state index in [1.807, 2.05) is 32.0 Å². The number of hydrogen-bond donors (Lipinski definition) is 2. The van der Waals surface area contributed by atoms with Crippen LogP contribution in [0.4, 0.5) is 5.69 Å². The molecule has 0 bridgehead atoms. The molecular formula is C16H19N3O2. The number of hydrogen-bond acceptors (Lipinski definition) is 3. The first-order valence-corrected chi connectivity index (χ1v) is 6.94. The molecule has 110 valence electrons. The van der Waals surface area contributed by atoms with Gasteiger partial charge in [0.25, 0.3) is 0 Å². The maximum absolute atomic E-state index is 10.8. The molecule has 21 heavy (non-hydrogen) atoms. The monoisotopic (exact) mass is 285 g/mol. The molecule has 0 aliphatic rings. The standard InChI is InChI=1S/C16H19N3O2/c1-10(6-7-15(20)21)19-11(2)12(8-9-17)16-13(18)4-3-5-14(16)19/h3-5,10H,6-8,18H2,1-2H3,(H,20,21). The maximum atomic E-state index is 10.8. The highest BCUT2D eigenvalue weighted by molar-refractivity contribution is 5.95. The van der Waals surface area contributed by atoms with Gasteiger partial charge >= 0.3 is 5.97 Å². The van der Waals surface area contributed by atoms with Crippen molar-refractivity contribution in [3.8, 4) is 6.07 Å². The van der Waals surface area contributed by atoms with E-state index in [-0.39, 0.29) is 12.5 Å². The number of aromatic nitrogens is 1. The highest BCUT2D eigenvalue weighted by atomic mass is 16.4. The Labute approximate surface area is 123 Å². The Morgan fingerprint density at radius 2 is 2.24 bits per heavy atom. The number of benzene rings is 1. The molecule has 0 aliphatic heterocycles. The summed E-state index contributed by atoms with van der Waals surface area (Å²) in [6.45, 7) is 3.96. The Morgan fingerprint density at radius 3 is 2.86 bits per heavy atom. The molecule has 1 aromatic heterocycles. The Balaban J connectivity index is 2.58. The van der Waals surface area contributed by atoms with Crippen LogP contribution >= 0.6 is 0 Å². The molecule has 1 unspecified atom stereocenters. The van der Waals surface area contributed by atoms with E-state index in [9.17, 15) is 4.79 Å². The normalized spacial score (nSPS) is 12.2. The zero-order valence-electron chi connectivity index (χ0n) is 12.3. The number of nitrogens with two attached hydrogens (primary N) is 1. The van der Waals surface area contributed by atoms with Crippen molar-refractivity contribution in [2.45, 2.75) is 39.2 Å². The van der Waals surface area contributed by atoms with Gasteiger partial charge in [-0.15, -0.1) is 0 Å². The molecule has 0 spiro atoms. The lowest BCUT2D eigenvalue weighted by atomic mass is 10.1. The minimum Gasteiger partial charge on any atom is -0.481 e. The van der Waals surface area contributed by atoms with E-state index >= 15 is 0 Å². The lowest BCUT2D eigenvalue weighted by molar-refractivity contribution is -0.137. The molecule has 2 aromatic rings. The molecule has 5 nitrogen and oxygen atoms in total. The van der Waals surface area contributed by atoms with Crippen molar-refractivity contribution in [2.75, 3.05) is 5.73 Å². The van der Waals surface area contributed by atoms with Crippen molar-refractivity contribution >= 4 is 22.6 Å². The third-order valence-electron chi connectivity index (χ3n) is 3.91. The van der Waals surface area contributed by atoms with Gasteiger partial charge in [-0.05, 0) is 38.0 Å². The Morgan fingerprint density at radius 1 is 1.52 bits per heavy atom. The maximum Gasteiger partial charge on any atom is 0.303 e. The smallest absolute Gasteiger partial charge is 0.303 e. The van der Waals surface area contributed by atoms with Crippen molar-refractivity contribution in [3.63, 3.8) is 0 Å². The quantitative estimate of drug-likeness (QED) is 0.826. The number of nitrogen functional groups attached to an aromatic ring is 1. The van der Waals surface area contributed by atoms with E-state index in [2.05, 4.69) is 10.6 Å². The lowest BCUT2D eigenvalue weighted by Crippen LogP contribution is -2.09. The van der Waals surface area contributed by atoms with Crippen molar-refractivity contribution < 1.29 is 9.90 Å². The number of fused-ring (bicyclic) bond motifs is 1. The predicted octanol–water partition coefficient (Wildman–Crippen LogP) is 3.02. The second-order valence-corrected chi connectivity index (χ2v) is 5.29. The third kappa shape index (κ3) is 2.70. The van der Waals surface area contributed by atoms with Crippen LogP contribution in [-0.4, -0.2) is 15.6 Å². The van der Waals surface area contributed by atoms with Crippen LogP contribution < -0.4 is 5.73 Å². The molecule has 1 aromatic carbocycles. The third-order valence-corrected chi connectivity index (χ3v) is 3.91. The second-order valence-electron chi connectivity index (χ2n) is 5.29. The molecule has 0 fully saturated rings. The molecule has 0 saturated carbocycles. The number of nitrogens with zero attached hydrogens (tertiary/aromatic N) is 2. The van der Waals surface area contributed by atoms with Crippen molar-refractivity contribution in [1.29, 1.82) is 5.26 Å². The molecule has 1 heterocycles. The molecule has 1 atom stereocenters.